The van der Waals surface area contributed by atoms with Gasteiger partial charge in [-0.15, -0.1) is 0 Å². The van der Waals surface area contributed by atoms with Crippen LogP contribution in [0.5, 0.6) is 0 Å². The number of nitro benzene ring substituents is 1. The van der Waals surface area contributed by atoms with E-state index in [0.29, 0.717) is 5.69 Å². The van der Waals surface area contributed by atoms with Gasteiger partial charge in [-0.2, -0.15) is 0 Å². The molecule has 0 unspecified atom stereocenters. The number of nitro groups is 1. The minimum Gasteiger partial charge on any atom is -0.393 e. The van der Waals surface area contributed by atoms with E-state index in [2.05, 4.69) is 5.32 Å². The van der Waals surface area contributed by atoms with Crippen molar-refractivity contribution in [3.8, 4) is 0 Å². The number of hydrogen-bond donors (Lipinski definition) is 2. The minimum atomic E-state index is -0.607. The number of benzene rings is 2. The quantitative estimate of drug-likeness (QED) is 0.514. The number of hydrogen-bond acceptors (Lipinski definition) is 4. The summed E-state index contributed by atoms with van der Waals surface area (Å²) in [5.41, 5.74) is 8.15. The maximum Gasteiger partial charge on any atom is 0.292 e. The molecule has 6 heteroatoms. The van der Waals surface area contributed by atoms with Crippen LogP contribution in [0.25, 0.3) is 0 Å². The summed E-state index contributed by atoms with van der Waals surface area (Å²) >= 11 is 0. The normalized spacial score (nSPS) is 10.2. The molecule has 0 aliphatic rings. The van der Waals surface area contributed by atoms with E-state index in [-0.39, 0.29) is 16.9 Å². The Kier molecular flexibility index (Phi) is 3.89. The zero-order chi connectivity index (χ0) is 15.6. The molecule has 0 heterocycles. The van der Waals surface area contributed by atoms with Gasteiger partial charge in [0.1, 0.15) is 5.69 Å². The summed E-state index contributed by atoms with van der Waals surface area (Å²) in [5.74, 6) is -0.410. The van der Waals surface area contributed by atoms with Gasteiger partial charge in [0.25, 0.3) is 11.6 Å². The van der Waals surface area contributed by atoms with Gasteiger partial charge in [0.15, 0.2) is 0 Å². The van der Waals surface area contributed by atoms with Gasteiger partial charge >= 0.3 is 0 Å². The first-order valence-electron chi connectivity index (χ1n) is 6.31. The summed E-state index contributed by atoms with van der Waals surface area (Å²) in [6.07, 6.45) is 0. The van der Waals surface area contributed by atoms with E-state index in [0.717, 1.165) is 11.1 Å². The fourth-order valence-corrected chi connectivity index (χ4v) is 1.92. The predicted octanol–water partition coefficient (Wildman–Crippen LogP) is 3.05. The van der Waals surface area contributed by atoms with E-state index in [1.165, 1.54) is 18.2 Å². The Bertz CT molecular complexity index is 726. The summed E-state index contributed by atoms with van der Waals surface area (Å²) in [6.45, 7) is 3.84. The van der Waals surface area contributed by atoms with Crippen LogP contribution in [0, 0.1) is 24.0 Å². The number of carbonyl (C=O) groups is 1. The van der Waals surface area contributed by atoms with Crippen LogP contribution >= 0.6 is 0 Å². The van der Waals surface area contributed by atoms with Crippen LogP contribution in [0.3, 0.4) is 0 Å². The van der Waals surface area contributed by atoms with Gasteiger partial charge < -0.3 is 11.1 Å². The van der Waals surface area contributed by atoms with Crippen LogP contribution in [0.1, 0.15) is 21.5 Å². The van der Waals surface area contributed by atoms with Gasteiger partial charge in [-0.05, 0) is 43.2 Å². The van der Waals surface area contributed by atoms with Crippen molar-refractivity contribution in [1.82, 2.24) is 0 Å². The SMILES string of the molecule is Cc1cccc(NC(=O)c2ccc(N)c([N+](=O)[O-])c2)c1C. The number of nitrogens with two attached hydrogens (primary N) is 1. The second-order valence-corrected chi connectivity index (χ2v) is 4.73. The van der Waals surface area contributed by atoms with E-state index in [1.54, 1.807) is 6.07 Å². The number of nitrogens with zero attached hydrogens (tertiary/aromatic N) is 1. The summed E-state index contributed by atoms with van der Waals surface area (Å²) < 4.78 is 0. The maximum atomic E-state index is 12.2. The third-order valence-electron chi connectivity index (χ3n) is 3.34. The zero-order valence-corrected chi connectivity index (χ0v) is 11.7. The average molecular weight is 285 g/mol. The van der Waals surface area contributed by atoms with E-state index in [9.17, 15) is 14.9 Å². The number of carbonyl (C=O) groups excluding carboxylic acids is 1. The Labute approximate surface area is 121 Å². The summed E-state index contributed by atoms with van der Waals surface area (Å²) in [6, 6.07) is 9.56. The van der Waals surface area contributed by atoms with Crippen molar-refractivity contribution in [3.05, 3.63) is 63.2 Å². The molecule has 0 atom stereocenters. The van der Waals surface area contributed by atoms with Gasteiger partial charge in [0, 0.05) is 17.3 Å². The highest BCUT2D eigenvalue weighted by atomic mass is 16.6. The molecule has 0 bridgehead atoms. The molecule has 0 radical (unpaired) electrons. The van der Waals surface area contributed by atoms with E-state index in [4.69, 9.17) is 5.73 Å². The lowest BCUT2D eigenvalue weighted by molar-refractivity contribution is -0.383. The molecule has 0 saturated carbocycles. The largest absolute Gasteiger partial charge is 0.393 e. The molecule has 2 aromatic carbocycles. The summed E-state index contributed by atoms with van der Waals surface area (Å²) in [4.78, 5) is 22.4. The molecule has 6 nitrogen and oxygen atoms in total. The molecular formula is C15H15N3O3. The summed E-state index contributed by atoms with van der Waals surface area (Å²) in [5, 5.41) is 13.6. The van der Waals surface area contributed by atoms with Crippen LogP contribution in [0.4, 0.5) is 17.1 Å². The Morgan fingerprint density at radius 2 is 1.95 bits per heavy atom. The molecule has 2 rings (SSSR count). The highest BCUT2D eigenvalue weighted by Crippen LogP contribution is 2.24. The van der Waals surface area contributed by atoms with Crippen LogP contribution < -0.4 is 11.1 Å². The second-order valence-electron chi connectivity index (χ2n) is 4.73. The Morgan fingerprint density at radius 3 is 2.62 bits per heavy atom. The number of nitrogen functional groups attached to an aromatic ring is 1. The third kappa shape index (κ3) is 3.00. The Morgan fingerprint density at radius 1 is 1.24 bits per heavy atom. The van der Waals surface area contributed by atoms with Crippen molar-refractivity contribution in [2.75, 3.05) is 11.1 Å². The monoisotopic (exact) mass is 285 g/mol. The second kappa shape index (κ2) is 5.62. The van der Waals surface area contributed by atoms with Crippen molar-refractivity contribution < 1.29 is 9.72 Å². The third-order valence-corrected chi connectivity index (χ3v) is 3.34. The number of anilines is 2. The first-order valence-corrected chi connectivity index (χ1v) is 6.31. The van der Waals surface area contributed by atoms with Gasteiger partial charge in [-0.1, -0.05) is 12.1 Å². The lowest BCUT2D eigenvalue weighted by atomic mass is 10.1. The van der Waals surface area contributed by atoms with Crippen LogP contribution in [0.15, 0.2) is 36.4 Å². The molecule has 2 aromatic rings. The van der Waals surface area contributed by atoms with E-state index in [1.807, 2.05) is 26.0 Å². The van der Waals surface area contributed by atoms with Crippen molar-refractivity contribution in [2.45, 2.75) is 13.8 Å². The van der Waals surface area contributed by atoms with Crippen molar-refractivity contribution >= 4 is 23.0 Å². The molecule has 1 amide bonds. The molecule has 3 N–H and O–H groups in total. The first kappa shape index (κ1) is 14.5. The fourth-order valence-electron chi connectivity index (χ4n) is 1.92. The Hall–Kier alpha value is -2.89. The van der Waals surface area contributed by atoms with E-state index < -0.39 is 10.8 Å². The molecule has 0 aliphatic heterocycles. The highest BCUT2D eigenvalue weighted by molar-refractivity contribution is 6.05. The molecule has 0 saturated heterocycles. The number of amides is 1. The molecule has 108 valence electrons. The van der Waals surface area contributed by atoms with Crippen molar-refractivity contribution in [1.29, 1.82) is 0 Å². The van der Waals surface area contributed by atoms with Gasteiger partial charge in [-0.3, -0.25) is 14.9 Å². The molecule has 0 aromatic heterocycles. The smallest absolute Gasteiger partial charge is 0.292 e. The highest BCUT2D eigenvalue weighted by Gasteiger charge is 2.16. The standard InChI is InChI=1S/C15H15N3O3/c1-9-4-3-5-13(10(9)2)17-15(19)11-6-7-12(16)14(8-11)18(20)21/h3-8H,16H2,1-2H3,(H,17,19). The average Bonchev–Trinajstić information content (AvgIpc) is 2.44. The van der Waals surface area contributed by atoms with Crippen molar-refractivity contribution in [3.63, 3.8) is 0 Å². The zero-order valence-electron chi connectivity index (χ0n) is 11.7. The molecule has 0 fully saturated rings. The van der Waals surface area contributed by atoms with Crippen LogP contribution in [0.2, 0.25) is 0 Å². The lowest BCUT2D eigenvalue weighted by Crippen LogP contribution is -2.13. The first-order chi connectivity index (χ1) is 9.90. The predicted molar refractivity (Wildman–Crippen MR) is 81.4 cm³/mol. The topological polar surface area (TPSA) is 98.3 Å². The lowest BCUT2D eigenvalue weighted by Gasteiger charge is -2.10. The number of rotatable bonds is 3. The van der Waals surface area contributed by atoms with Gasteiger partial charge in [-0.25, -0.2) is 0 Å². The molecular weight excluding hydrogens is 270 g/mol. The van der Waals surface area contributed by atoms with Crippen molar-refractivity contribution in [2.24, 2.45) is 0 Å². The molecule has 21 heavy (non-hydrogen) atoms. The molecule has 0 spiro atoms. The van der Waals surface area contributed by atoms with E-state index >= 15 is 0 Å². The minimum absolute atomic E-state index is 0.0308. The molecule has 0 aliphatic carbocycles. The number of nitrogens with one attached hydrogen (secondary N) is 1. The fraction of sp³-hybridized carbons (Fsp3) is 0.133. The summed E-state index contributed by atoms with van der Waals surface area (Å²) in [7, 11) is 0. The maximum absolute atomic E-state index is 12.2. The van der Waals surface area contributed by atoms with Gasteiger partial charge in [0.05, 0.1) is 4.92 Å². The van der Waals surface area contributed by atoms with Crippen LogP contribution in [-0.4, -0.2) is 10.8 Å². The Balaban J connectivity index is 2.31. The van der Waals surface area contributed by atoms with Gasteiger partial charge in [0.2, 0.25) is 0 Å². The van der Waals surface area contributed by atoms with Crippen LogP contribution in [-0.2, 0) is 0 Å². The number of aryl methyl sites for hydroxylation is 1.